The summed E-state index contributed by atoms with van der Waals surface area (Å²) in [5.74, 6) is -0.0237. The first-order valence-electron chi connectivity index (χ1n) is 6.37. The highest BCUT2D eigenvalue weighted by Crippen LogP contribution is 2.08. The molecular weight excluding hydrogens is 246 g/mol. The van der Waals surface area contributed by atoms with E-state index in [-0.39, 0.29) is 12.6 Å². The van der Waals surface area contributed by atoms with Crippen LogP contribution in [0.3, 0.4) is 0 Å². The molecule has 0 amide bonds. The van der Waals surface area contributed by atoms with Gasteiger partial charge in [0.1, 0.15) is 12.2 Å². The number of aromatic nitrogens is 3. The summed E-state index contributed by atoms with van der Waals surface area (Å²) in [5.41, 5.74) is 0. The molecule has 0 saturated carbocycles. The van der Waals surface area contributed by atoms with E-state index in [1.807, 2.05) is 42.4 Å². The molecule has 7 nitrogen and oxygen atoms in total. The van der Waals surface area contributed by atoms with Gasteiger partial charge in [0.25, 0.3) is 0 Å². The Kier molecular flexibility index (Phi) is 5.91. The highest BCUT2D eigenvalue weighted by atomic mass is 16.4. The van der Waals surface area contributed by atoms with E-state index >= 15 is 0 Å². The van der Waals surface area contributed by atoms with Crippen molar-refractivity contribution in [2.75, 3.05) is 33.7 Å². The zero-order valence-electron chi connectivity index (χ0n) is 12.1. The van der Waals surface area contributed by atoms with Gasteiger partial charge in [0.05, 0.1) is 13.1 Å². The standard InChI is InChI=1S/C12H23N5O2/c1-10(2)17-11(13-9-14-17)7-16(8-12(18)19)6-5-15(3)4/h9-10H,5-8H2,1-4H3,(H,18,19). The van der Waals surface area contributed by atoms with E-state index in [2.05, 4.69) is 10.1 Å². The Bertz CT molecular complexity index is 403. The van der Waals surface area contributed by atoms with Gasteiger partial charge >= 0.3 is 5.97 Å². The molecule has 0 fully saturated rings. The van der Waals surface area contributed by atoms with Crippen LogP contribution >= 0.6 is 0 Å². The average Bonchev–Trinajstić information content (AvgIpc) is 2.73. The smallest absolute Gasteiger partial charge is 0.317 e. The Morgan fingerprint density at radius 2 is 2.11 bits per heavy atom. The van der Waals surface area contributed by atoms with Gasteiger partial charge in [0.2, 0.25) is 0 Å². The number of carbonyl (C=O) groups is 1. The SMILES string of the molecule is CC(C)n1ncnc1CN(CCN(C)C)CC(=O)O. The van der Waals surface area contributed by atoms with Crippen molar-refractivity contribution >= 4 is 5.97 Å². The number of likely N-dealkylation sites (N-methyl/N-ethyl adjacent to an activating group) is 1. The van der Waals surface area contributed by atoms with Crippen molar-refractivity contribution < 1.29 is 9.90 Å². The van der Waals surface area contributed by atoms with Gasteiger partial charge in [-0.15, -0.1) is 0 Å². The summed E-state index contributed by atoms with van der Waals surface area (Å²) < 4.78 is 1.82. The Morgan fingerprint density at radius 1 is 1.42 bits per heavy atom. The third kappa shape index (κ3) is 5.35. The summed E-state index contributed by atoms with van der Waals surface area (Å²) in [6.07, 6.45) is 1.51. The predicted octanol–water partition coefficient (Wildman–Crippen LogP) is 0.307. The van der Waals surface area contributed by atoms with Crippen molar-refractivity contribution in [1.29, 1.82) is 0 Å². The zero-order chi connectivity index (χ0) is 14.4. The Balaban J connectivity index is 2.69. The van der Waals surface area contributed by atoms with Crippen LogP contribution in [0.15, 0.2) is 6.33 Å². The molecule has 0 saturated heterocycles. The largest absolute Gasteiger partial charge is 0.480 e. The second-order valence-electron chi connectivity index (χ2n) is 5.12. The molecule has 7 heteroatoms. The first-order valence-corrected chi connectivity index (χ1v) is 6.37. The molecule has 1 N–H and O–H groups in total. The van der Waals surface area contributed by atoms with Crippen LogP contribution in [0.2, 0.25) is 0 Å². The number of rotatable bonds is 8. The van der Waals surface area contributed by atoms with E-state index in [4.69, 9.17) is 5.11 Å². The van der Waals surface area contributed by atoms with E-state index in [1.165, 1.54) is 6.33 Å². The molecule has 0 bridgehead atoms. The highest BCUT2D eigenvalue weighted by molar-refractivity contribution is 5.69. The van der Waals surface area contributed by atoms with Gasteiger partial charge in [-0.25, -0.2) is 9.67 Å². The van der Waals surface area contributed by atoms with Crippen LogP contribution in [0, 0.1) is 0 Å². The van der Waals surface area contributed by atoms with Crippen LogP contribution in [0.4, 0.5) is 0 Å². The monoisotopic (exact) mass is 269 g/mol. The quantitative estimate of drug-likeness (QED) is 0.732. The van der Waals surface area contributed by atoms with E-state index < -0.39 is 5.97 Å². The number of nitrogens with zero attached hydrogens (tertiary/aromatic N) is 5. The zero-order valence-corrected chi connectivity index (χ0v) is 12.1. The molecule has 0 aliphatic heterocycles. The molecule has 0 radical (unpaired) electrons. The molecule has 0 aliphatic carbocycles. The normalized spacial score (nSPS) is 11.7. The first-order chi connectivity index (χ1) is 8.90. The summed E-state index contributed by atoms with van der Waals surface area (Å²) in [4.78, 5) is 19.0. The van der Waals surface area contributed by atoms with Gasteiger partial charge in [0.15, 0.2) is 0 Å². The number of carboxylic acid groups (broad SMARTS) is 1. The second kappa shape index (κ2) is 7.20. The highest BCUT2D eigenvalue weighted by Gasteiger charge is 2.15. The molecule has 0 aliphatic rings. The maximum absolute atomic E-state index is 10.9. The number of aliphatic carboxylic acids is 1. The minimum absolute atomic E-state index is 0.0127. The van der Waals surface area contributed by atoms with Crippen molar-refractivity contribution in [3.05, 3.63) is 12.2 Å². The van der Waals surface area contributed by atoms with Crippen LogP contribution in [-0.2, 0) is 11.3 Å². The molecule has 1 heterocycles. The number of hydrogen-bond acceptors (Lipinski definition) is 5. The van der Waals surface area contributed by atoms with Crippen LogP contribution in [0.25, 0.3) is 0 Å². The topological polar surface area (TPSA) is 74.5 Å². The second-order valence-corrected chi connectivity index (χ2v) is 5.12. The Morgan fingerprint density at radius 3 is 2.63 bits per heavy atom. The molecule has 1 aromatic heterocycles. The molecule has 108 valence electrons. The Hall–Kier alpha value is -1.47. The van der Waals surface area contributed by atoms with Gasteiger partial charge < -0.3 is 10.0 Å². The van der Waals surface area contributed by atoms with Gasteiger partial charge in [-0.2, -0.15) is 5.10 Å². The summed E-state index contributed by atoms with van der Waals surface area (Å²) in [6, 6.07) is 0.220. The fourth-order valence-corrected chi connectivity index (χ4v) is 1.77. The predicted molar refractivity (Wildman–Crippen MR) is 71.9 cm³/mol. The third-order valence-electron chi connectivity index (χ3n) is 2.72. The molecule has 0 unspecified atom stereocenters. The third-order valence-corrected chi connectivity index (χ3v) is 2.72. The van der Waals surface area contributed by atoms with Crippen molar-refractivity contribution in [1.82, 2.24) is 24.6 Å². The van der Waals surface area contributed by atoms with Gasteiger partial charge in [-0.05, 0) is 27.9 Å². The van der Waals surface area contributed by atoms with Crippen molar-refractivity contribution in [3.8, 4) is 0 Å². The summed E-state index contributed by atoms with van der Waals surface area (Å²) in [7, 11) is 3.94. The molecule has 1 rings (SSSR count). The maximum Gasteiger partial charge on any atom is 0.317 e. The molecule has 1 aromatic rings. The van der Waals surface area contributed by atoms with Crippen LogP contribution < -0.4 is 0 Å². The maximum atomic E-state index is 10.9. The molecule has 0 aromatic carbocycles. The fourth-order valence-electron chi connectivity index (χ4n) is 1.77. The van der Waals surface area contributed by atoms with Gasteiger partial charge in [0, 0.05) is 19.1 Å². The van der Waals surface area contributed by atoms with Gasteiger partial charge in [-0.1, -0.05) is 0 Å². The van der Waals surface area contributed by atoms with Crippen LogP contribution in [0.1, 0.15) is 25.7 Å². The molecular formula is C12H23N5O2. The first kappa shape index (κ1) is 15.6. The lowest BCUT2D eigenvalue weighted by Gasteiger charge is -2.22. The minimum Gasteiger partial charge on any atom is -0.480 e. The summed E-state index contributed by atoms with van der Waals surface area (Å²) >= 11 is 0. The van der Waals surface area contributed by atoms with Gasteiger partial charge in [-0.3, -0.25) is 9.69 Å². The molecule has 0 spiro atoms. The lowest BCUT2D eigenvalue weighted by molar-refractivity contribution is -0.138. The summed E-state index contributed by atoms with van der Waals surface area (Å²) in [6.45, 7) is 6.06. The van der Waals surface area contributed by atoms with Crippen molar-refractivity contribution in [2.45, 2.75) is 26.4 Å². The minimum atomic E-state index is -0.825. The number of hydrogen-bond donors (Lipinski definition) is 1. The lowest BCUT2D eigenvalue weighted by atomic mass is 10.3. The number of carboxylic acids is 1. The van der Waals surface area contributed by atoms with E-state index in [1.54, 1.807) is 0 Å². The molecule has 19 heavy (non-hydrogen) atoms. The fraction of sp³-hybridized carbons (Fsp3) is 0.750. The van der Waals surface area contributed by atoms with Crippen molar-refractivity contribution in [3.63, 3.8) is 0 Å². The van der Waals surface area contributed by atoms with E-state index in [9.17, 15) is 4.79 Å². The summed E-state index contributed by atoms with van der Waals surface area (Å²) in [5, 5.41) is 13.1. The van der Waals surface area contributed by atoms with E-state index in [0.717, 1.165) is 12.4 Å². The average molecular weight is 269 g/mol. The van der Waals surface area contributed by atoms with Crippen LogP contribution in [0.5, 0.6) is 0 Å². The lowest BCUT2D eigenvalue weighted by Crippen LogP contribution is -2.36. The molecule has 0 atom stereocenters. The van der Waals surface area contributed by atoms with Crippen molar-refractivity contribution in [2.24, 2.45) is 0 Å². The van der Waals surface area contributed by atoms with E-state index in [0.29, 0.717) is 13.1 Å². The van der Waals surface area contributed by atoms with Crippen LogP contribution in [-0.4, -0.2) is 69.4 Å². The Labute approximate surface area is 113 Å².